The summed E-state index contributed by atoms with van der Waals surface area (Å²) >= 11 is 0. The fraction of sp³-hybridized carbons (Fsp3) is 0.571. The molecule has 1 aromatic carbocycles. The van der Waals surface area contributed by atoms with Gasteiger partial charge in [0.25, 0.3) is 0 Å². The van der Waals surface area contributed by atoms with Crippen molar-refractivity contribution in [1.82, 2.24) is 4.31 Å². The minimum atomic E-state index is -3.55. The van der Waals surface area contributed by atoms with Gasteiger partial charge in [-0.15, -0.1) is 0 Å². The van der Waals surface area contributed by atoms with Crippen LogP contribution >= 0.6 is 0 Å². The van der Waals surface area contributed by atoms with E-state index in [2.05, 4.69) is 0 Å². The zero-order valence-corrected chi connectivity index (χ0v) is 13.0. The van der Waals surface area contributed by atoms with Crippen LogP contribution in [-0.4, -0.2) is 31.9 Å². The van der Waals surface area contributed by atoms with Gasteiger partial charge in [-0.05, 0) is 38.3 Å². The Hall–Kier alpha value is -1.27. The fourth-order valence-electron chi connectivity index (χ4n) is 2.87. The molecule has 0 saturated carbocycles. The first-order valence-corrected chi connectivity index (χ1v) is 8.32. The number of rotatable bonds is 4. The number of sulfonamides is 1. The Morgan fingerprint density at radius 3 is 2.65 bits per heavy atom. The molecule has 20 heavy (non-hydrogen) atoms. The number of hydrogen-bond donors (Lipinski definition) is 1. The van der Waals surface area contributed by atoms with Crippen LogP contribution in [0.25, 0.3) is 0 Å². The molecule has 1 aliphatic rings. The van der Waals surface area contributed by atoms with E-state index in [1.54, 1.807) is 16.4 Å². The lowest BCUT2D eigenvalue weighted by atomic mass is 10.2. The van der Waals surface area contributed by atoms with Crippen molar-refractivity contribution in [2.75, 3.05) is 12.8 Å². The third-order valence-corrected chi connectivity index (χ3v) is 6.10. The molecule has 0 aliphatic carbocycles. The molecule has 2 N–H and O–H groups in total. The summed E-state index contributed by atoms with van der Waals surface area (Å²) in [6, 6.07) is 4.80. The maximum atomic E-state index is 12.8. The van der Waals surface area contributed by atoms with E-state index >= 15 is 0 Å². The number of nitrogens with two attached hydrogens (primary N) is 1. The van der Waals surface area contributed by atoms with Gasteiger partial charge in [-0.2, -0.15) is 4.31 Å². The summed E-state index contributed by atoms with van der Waals surface area (Å²) < 4.78 is 32.4. The normalized spacial score (nSPS) is 23.9. The zero-order valence-electron chi connectivity index (χ0n) is 12.2. The van der Waals surface area contributed by atoms with Crippen molar-refractivity contribution in [3.63, 3.8) is 0 Å². The van der Waals surface area contributed by atoms with Crippen LogP contribution in [0.2, 0.25) is 0 Å². The first-order chi connectivity index (χ1) is 9.41. The highest BCUT2D eigenvalue weighted by atomic mass is 32.2. The second kappa shape index (κ2) is 5.61. The summed E-state index contributed by atoms with van der Waals surface area (Å²) in [6.07, 6.45) is 2.63. The minimum absolute atomic E-state index is 0.0199. The van der Waals surface area contributed by atoms with Crippen molar-refractivity contribution >= 4 is 15.7 Å². The zero-order chi connectivity index (χ0) is 14.9. The second-order valence-corrected chi connectivity index (χ2v) is 7.04. The van der Waals surface area contributed by atoms with E-state index in [1.807, 2.05) is 13.8 Å². The summed E-state index contributed by atoms with van der Waals surface area (Å²) in [7, 11) is -2.03. The van der Waals surface area contributed by atoms with Gasteiger partial charge in [0.15, 0.2) is 0 Å². The smallest absolute Gasteiger partial charge is 0.245 e. The Labute approximate surface area is 120 Å². The molecule has 1 aromatic rings. The Balaban J connectivity index is 2.44. The van der Waals surface area contributed by atoms with Gasteiger partial charge in [-0.3, -0.25) is 0 Å². The molecule has 0 radical (unpaired) electrons. The molecular formula is C14H22N2O3S. The summed E-state index contributed by atoms with van der Waals surface area (Å²) in [5.41, 5.74) is 6.13. The van der Waals surface area contributed by atoms with Gasteiger partial charge in [0.1, 0.15) is 10.6 Å². The monoisotopic (exact) mass is 298 g/mol. The molecule has 1 aliphatic heterocycles. The molecule has 2 atom stereocenters. The molecule has 1 fully saturated rings. The number of nitrogens with zero attached hydrogens (tertiary/aromatic N) is 1. The van der Waals surface area contributed by atoms with Crippen molar-refractivity contribution in [1.29, 1.82) is 0 Å². The predicted molar refractivity (Wildman–Crippen MR) is 79.2 cm³/mol. The van der Waals surface area contributed by atoms with Crippen LogP contribution in [0, 0.1) is 0 Å². The molecule has 0 spiro atoms. The van der Waals surface area contributed by atoms with E-state index in [-0.39, 0.29) is 22.7 Å². The molecule has 6 heteroatoms. The highest BCUT2D eigenvalue weighted by Gasteiger charge is 2.39. The molecule has 0 amide bonds. The van der Waals surface area contributed by atoms with Crippen LogP contribution in [0.15, 0.2) is 23.1 Å². The average molecular weight is 298 g/mol. The summed E-state index contributed by atoms with van der Waals surface area (Å²) in [5.74, 6) is 0.558. The summed E-state index contributed by atoms with van der Waals surface area (Å²) in [6.45, 7) is 3.97. The van der Waals surface area contributed by atoms with E-state index in [9.17, 15) is 8.42 Å². The SMILES string of the molecule is CCC1CCC(C)N1S(=O)(=O)c1ccc(OC)cc1N. The standard InChI is InChI=1S/C14H22N2O3S/c1-4-11-6-5-10(2)16(11)20(17,18)14-8-7-12(19-3)9-13(14)15/h7-11H,4-6,15H2,1-3H3. The van der Waals surface area contributed by atoms with E-state index < -0.39 is 10.0 Å². The van der Waals surface area contributed by atoms with Crippen LogP contribution in [0.4, 0.5) is 5.69 Å². The first-order valence-electron chi connectivity index (χ1n) is 6.88. The lowest BCUT2D eigenvalue weighted by Crippen LogP contribution is -2.39. The average Bonchev–Trinajstić information content (AvgIpc) is 2.80. The molecule has 1 heterocycles. The highest BCUT2D eigenvalue weighted by Crippen LogP contribution is 2.35. The molecular weight excluding hydrogens is 276 g/mol. The first kappa shape index (κ1) is 15.1. The van der Waals surface area contributed by atoms with Crippen LogP contribution < -0.4 is 10.5 Å². The lowest BCUT2D eigenvalue weighted by molar-refractivity contribution is 0.329. The second-order valence-electron chi connectivity index (χ2n) is 5.23. The third-order valence-electron chi connectivity index (χ3n) is 3.96. The predicted octanol–water partition coefficient (Wildman–Crippen LogP) is 2.23. The number of nitrogen functional groups attached to an aromatic ring is 1. The lowest BCUT2D eigenvalue weighted by Gasteiger charge is -2.27. The minimum Gasteiger partial charge on any atom is -0.497 e. The molecule has 2 unspecified atom stereocenters. The van der Waals surface area contributed by atoms with E-state index in [0.29, 0.717) is 5.75 Å². The summed E-state index contributed by atoms with van der Waals surface area (Å²) in [4.78, 5) is 0.172. The third kappa shape index (κ3) is 2.50. The Kier molecular flexibility index (Phi) is 4.25. The molecule has 2 rings (SSSR count). The number of methoxy groups -OCH3 is 1. The topological polar surface area (TPSA) is 72.6 Å². The molecule has 112 valence electrons. The van der Waals surface area contributed by atoms with Crippen LogP contribution in [0.3, 0.4) is 0 Å². The van der Waals surface area contributed by atoms with Crippen molar-refractivity contribution < 1.29 is 13.2 Å². The maximum absolute atomic E-state index is 12.8. The van der Waals surface area contributed by atoms with Gasteiger partial charge in [-0.1, -0.05) is 6.92 Å². The molecule has 5 nitrogen and oxygen atoms in total. The molecule has 0 bridgehead atoms. The highest BCUT2D eigenvalue weighted by molar-refractivity contribution is 7.89. The van der Waals surface area contributed by atoms with Crippen molar-refractivity contribution in [3.05, 3.63) is 18.2 Å². The van der Waals surface area contributed by atoms with Crippen LogP contribution in [-0.2, 0) is 10.0 Å². The van der Waals surface area contributed by atoms with E-state index in [0.717, 1.165) is 19.3 Å². The van der Waals surface area contributed by atoms with E-state index in [1.165, 1.54) is 13.2 Å². The van der Waals surface area contributed by atoms with Crippen molar-refractivity contribution in [3.8, 4) is 5.75 Å². The number of benzene rings is 1. The molecule has 0 aromatic heterocycles. The van der Waals surface area contributed by atoms with Gasteiger partial charge in [-0.25, -0.2) is 8.42 Å². The number of ether oxygens (including phenoxy) is 1. The fourth-order valence-corrected chi connectivity index (χ4v) is 4.92. The Morgan fingerprint density at radius 2 is 2.10 bits per heavy atom. The van der Waals surface area contributed by atoms with Crippen molar-refractivity contribution in [2.24, 2.45) is 0 Å². The van der Waals surface area contributed by atoms with Gasteiger partial charge in [0.05, 0.1) is 12.8 Å². The maximum Gasteiger partial charge on any atom is 0.245 e. The van der Waals surface area contributed by atoms with Crippen molar-refractivity contribution in [2.45, 2.75) is 50.1 Å². The summed E-state index contributed by atoms with van der Waals surface area (Å²) in [5, 5.41) is 0. The van der Waals surface area contributed by atoms with Gasteiger partial charge in [0.2, 0.25) is 10.0 Å². The van der Waals surface area contributed by atoms with E-state index in [4.69, 9.17) is 10.5 Å². The van der Waals surface area contributed by atoms with Crippen LogP contribution in [0.1, 0.15) is 33.1 Å². The number of anilines is 1. The van der Waals surface area contributed by atoms with Gasteiger partial charge < -0.3 is 10.5 Å². The quantitative estimate of drug-likeness (QED) is 0.865. The van der Waals surface area contributed by atoms with Gasteiger partial charge >= 0.3 is 0 Å². The van der Waals surface area contributed by atoms with Gasteiger partial charge in [0, 0.05) is 18.2 Å². The molecule has 1 saturated heterocycles. The van der Waals surface area contributed by atoms with Crippen LogP contribution in [0.5, 0.6) is 5.75 Å². The largest absolute Gasteiger partial charge is 0.497 e. The number of hydrogen-bond acceptors (Lipinski definition) is 4. The Bertz CT molecular complexity index is 586. The Morgan fingerprint density at radius 1 is 1.40 bits per heavy atom.